The van der Waals surface area contributed by atoms with Crippen molar-refractivity contribution in [3.05, 3.63) is 0 Å². The SMILES string of the molecule is CCCC1(C(=O)O)CCCN1C(=O)C1CCN(C)C1. The molecule has 2 fully saturated rings. The van der Waals surface area contributed by atoms with Gasteiger partial charge in [-0.15, -0.1) is 0 Å². The van der Waals surface area contributed by atoms with Gasteiger partial charge in [0.2, 0.25) is 5.91 Å². The van der Waals surface area contributed by atoms with Crippen LogP contribution in [-0.2, 0) is 9.59 Å². The highest BCUT2D eigenvalue weighted by atomic mass is 16.4. The number of rotatable bonds is 4. The molecular formula is C14H24N2O3. The van der Waals surface area contributed by atoms with Gasteiger partial charge in [-0.2, -0.15) is 0 Å². The van der Waals surface area contributed by atoms with Crippen molar-refractivity contribution in [2.75, 3.05) is 26.7 Å². The maximum absolute atomic E-state index is 12.6. The Morgan fingerprint density at radius 3 is 2.63 bits per heavy atom. The van der Waals surface area contributed by atoms with Crippen LogP contribution in [0.2, 0.25) is 0 Å². The van der Waals surface area contributed by atoms with Gasteiger partial charge >= 0.3 is 5.97 Å². The van der Waals surface area contributed by atoms with Gasteiger partial charge in [-0.05, 0) is 39.3 Å². The van der Waals surface area contributed by atoms with E-state index in [2.05, 4.69) is 4.90 Å². The Morgan fingerprint density at radius 2 is 2.11 bits per heavy atom. The van der Waals surface area contributed by atoms with Gasteiger partial charge < -0.3 is 14.9 Å². The van der Waals surface area contributed by atoms with E-state index in [0.29, 0.717) is 19.4 Å². The second kappa shape index (κ2) is 5.49. The minimum absolute atomic E-state index is 0.0151. The van der Waals surface area contributed by atoms with E-state index in [1.54, 1.807) is 4.90 Å². The van der Waals surface area contributed by atoms with Crippen LogP contribution in [0.25, 0.3) is 0 Å². The zero-order chi connectivity index (χ0) is 14.0. The van der Waals surface area contributed by atoms with E-state index in [1.807, 2.05) is 14.0 Å². The van der Waals surface area contributed by atoms with Crippen LogP contribution in [0, 0.1) is 5.92 Å². The number of amides is 1. The van der Waals surface area contributed by atoms with Gasteiger partial charge in [0.05, 0.1) is 5.92 Å². The number of likely N-dealkylation sites (tertiary alicyclic amines) is 2. The average Bonchev–Trinajstić information content (AvgIpc) is 2.96. The summed E-state index contributed by atoms with van der Waals surface area (Å²) in [4.78, 5) is 28.1. The predicted molar refractivity (Wildman–Crippen MR) is 71.8 cm³/mol. The van der Waals surface area contributed by atoms with E-state index in [0.717, 1.165) is 32.4 Å². The summed E-state index contributed by atoms with van der Waals surface area (Å²) in [5.74, 6) is -0.789. The number of nitrogens with zero attached hydrogens (tertiary/aromatic N) is 2. The molecule has 2 atom stereocenters. The monoisotopic (exact) mass is 268 g/mol. The average molecular weight is 268 g/mol. The number of hydrogen-bond acceptors (Lipinski definition) is 3. The molecule has 2 rings (SSSR count). The van der Waals surface area contributed by atoms with E-state index in [-0.39, 0.29) is 11.8 Å². The van der Waals surface area contributed by atoms with Crippen LogP contribution < -0.4 is 0 Å². The summed E-state index contributed by atoms with van der Waals surface area (Å²) in [5, 5.41) is 9.60. The number of carboxylic acids is 1. The summed E-state index contributed by atoms with van der Waals surface area (Å²) in [6.07, 6.45) is 3.62. The molecule has 108 valence electrons. The highest BCUT2D eigenvalue weighted by molar-refractivity contribution is 5.89. The van der Waals surface area contributed by atoms with Crippen LogP contribution in [-0.4, -0.2) is 59.0 Å². The lowest BCUT2D eigenvalue weighted by atomic mass is 9.89. The van der Waals surface area contributed by atoms with Crippen LogP contribution in [0.1, 0.15) is 39.0 Å². The highest BCUT2D eigenvalue weighted by Gasteiger charge is 2.50. The minimum Gasteiger partial charge on any atom is -0.479 e. The maximum atomic E-state index is 12.6. The topological polar surface area (TPSA) is 60.9 Å². The Balaban J connectivity index is 2.17. The number of aliphatic carboxylic acids is 1. The third-order valence-corrected chi connectivity index (χ3v) is 4.56. The number of carbonyl (C=O) groups excluding carboxylic acids is 1. The molecule has 2 aliphatic rings. The molecule has 0 aromatic heterocycles. The Hall–Kier alpha value is -1.10. The van der Waals surface area contributed by atoms with E-state index in [1.165, 1.54) is 0 Å². The number of hydrogen-bond donors (Lipinski definition) is 1. The highest BCUT2D eigenvalue weighted by Crippen LogP contribution is 2.36. The number of carboxylic acid groups (broad SMARTS) is 1. The largest absolute Gasteiger partial charge is 0.479 e. The van der Waals surface area contributed by atoms with Gasteiger partial charge in [-0.25, -0.2) is 4.79 Å². The van der Waals surface area contributed by atoms with Gasteiger partial charge in [0.1, 0.15) is 5.54 Å². The molecule has 19 heavy (non-hydrogen) atoms. The van der Waals surface area contributed by atoms with Crippen molar-refractivity contribution in [1.29, 1.82) is 0 Å². The summed E-state index contributed by atoms with van der Waals surface area (Å²) < 4.78 is 0. The molecule has 0 spiro atoms. The first-order valence-electron chi connectivity index (χ1n) is 7.24. The Kier molecular flexibility index (Phi) is 4.13. The molecular weight excluding hydrogens is 244 g/mol. The third-order valence-electron chi connectivity index (χ3n) is 4.56. The molecule has 0 radical (unpaired) electrons. The molecule has 1 N–H and O–H groups in total. The third kappa shape index (κ3) is 2.48. The first-order chi connectivity index (χ1) is 9.01. The lowest BCUT2D eigenvalue weighted by molar-refractivity contribution is -0.158. The fourth-order valence-electron chi connectivity index (χ4n) is 3.56. The van der Waals surface area contributed by atoms with Crippen LogP contribution in [0.5, 0.6) is 0 Å². The standard InChI is InChI=1S/C14H24N2O3/c1-3-6-14(13(18)19)7-4-8-16(14)12(17)11-5-9-15(2)10-11/h11H,3-10H2,1-2H3,(H,18,19). The van der Waals surface area contributed by atoms with Crippen LogP contribution in [0.4, 0.5) is 0 Å². The Labute approximate surface area is 114 Å². The maximum Gasteiger partial charge on any atom is 0.329 e. The summed E-state index contributed by atoms with van der Waals surface area (Å²) in [6, 6.07) is 0. The lowest BCUT2D eigenvalue weighted by Crippen LogP contribution is -2.54. The van der Waals surface area contributed by atoms with Crippen molar-refractivity contribution in [2.45, 2.75) is 44.6 Å². The van der Waals surface area contributed by atoms with Gasteiger partial charge in [0.25, 0.3) is 0 Å². The van der Waals surface area contributed by atoms with Crippen LogP contribution >= 0.6 is 0 Å². The van der Waals surface area contributed by atoms with Crippen molar-refractivity contribution in [2.24, 2.45) is 5.92 Å². The van der Waals surface area contributed by atoms with Crippen LogP contribution in [0.3, 0.4) is 0 Å². The van der Waals surface area contributed by atoms with Gasteiger partial charge in [-0.3, -0.25) is 4.79 Å². The first-order valence-corrected chi connectivity index (χ1v) is 7.24. The molecule has 5 nitrogen and oxygen atoms in total. The zero-order valence-electron chi connectivity index (χ0n) is 11.9. The van der Waals surface area contributed by atoms with E-state index < -0.39 is 11.5 Å². The summed E-state index contributed by atoms with van der Waals surface area (Å²) in [7, 11) is 2.01. The van der Waals surface area contributed by atoms with Crippen molar-refractivity contribution in [1.82, 2.24) is 9.80 Å². The molecule has 0 aliphatic carbocycles. The lowest BCUT2D eigenvalue weighted by Gasteiger charge is -2.36. The van der Waals surface area contributed by atoms with Crippen molar-refractivity contribution in [3.8, 4) is 0 Å². The molecule has 1 amide bonds. The number of carbonyl (C=O) groups is 2. The molecule has 0 aromatic rings. The van der Waals surface area contributed by atoms with E-state index >= 15 is 0 Å². The smallest absolute Gasteiger partial charge is 0.329 e. The summed E-state index contributed by atoms with van der Waals surface area (Å²) in [5.41, 5.74) is -0.938. The van der Waals surface area contributed by atoms with Crippen molar-refractivity contribution < 1.29 is 14.7 Å². The molecule has 0 bridgehead atoms. The fraction of sp³-hybridized carbons (Fsp3) is 0.857. The minimum atomic E-state index is -0.938. The molecule has 2 aliphatic heterocycles. The predicted octanol–water partition coefficient (Wildman–Crippen LogP) is 1.18. The van der Waals surface area contributed by atoms with Crippen molar-refractivity contribution in [3.63, 3.8) is 0 Å². The first kappa shape index (κ1) is 14.3. The molecule has 2 saturated heterocycles. The summed E-state index contributed by atoms with van der Waals surface area (Å²) in [6.45, 7) is 4.27. The van der Waals surface area contributed by atoms with Gasteiger partial charge in [0.15, 0.2) is 0 Å². The molecule has 0 aromatic carbocycles. The van der Waals surface area contributed by atoms with Crippen LogP contribution in [0.15, 0.2) is 0 Å². The van der Waals surface area contributed by atoms with Gasteiger partial charge in [0, 0.05) is 13.1 Å². The van der Waals surface area contributed by atoms with E-state index in [4.69, 9.17) is 0 Å². The molecule has 2 heterocycles. The Morgan fingerprint density at radius 1 is 1.37 bits per heavy atom. The van der Waals surface area contributed by atoms with E-state index in [9.17, 15) is 14.7 Å². The normalized spacial score (nSPS) is 31.9. The quantitative estimate of drug-likeness (QED) is 0.832. The second-order valence-corrected chi connectivity index (χ2v) is 5.93. The van der Waals surface area contributed by atoms with Gasteiger partial charge in [-0.1, -0.05) is 13.3 Å². The molecule has 0 saturated carbocycles. The van der Waals surface area contributed by atoms with Crippen molar-refractivity contribution >= 4 is 11.9 Å². The zero-order valence-corrected chi connectivity index (χ0v) is 11.9. The molecule has 2 unspecified atom stereocenters. The Bertz CT molecular complexity index is 372. The second-order valence-electron chi connectivity index (χ2n) is 5.93. The summed E-state index contributed by atoms with van der Waals surface area (Å²) >= 11 is 0. The fourth-order valence-corrected chi connectivity index (χ4v) is 3.56. The molecule has 5 heteroatoms.